The van der Waals surface area contributed by atoms with Crippen LogP contribution >= 0.6 is 0 Å². The summed E-state index contributed by atoms with van der Waals surface area (Å²) in [5.74, 6) is 1.77. The number of nitroso groups, excluding NO2 is 1. The van der Waals surface area contributed by atoms with Crippen molar-refractivity contribution in [3.8, 4) is 22.8 Å². The van der Waals surface area contributed by atoms with Gasteiger partial charge in [0.1, 0.15) is 17.5 Å². The van der Waals surface area contributed by atoms with Crippen LogP contribution in [0, 0.1) is 25.7 Å². The molecule has 0 bridgehead atoms. The van der Waals surface area contributed by atoms with Gasteiger partial charge in [-0.15, -0.1) is 4.91 Å². The summed E-state index contributed by atoms with van der Waals surface area (Å²) in [5.41, 5.74) is 7.25. The van der Waals surface area contributed by atoms with Crippen LogP contribution in [0.5, 0.6) is 11.5 Å². The van der Waals surface area contributed by atoms with E-state index in [-0.39, 0.29) is 11.7 Å². The van der Waals surface area contributed by atoms with Crippen molar-refractivity contribution in [2.75, 3.05) is 20.8 Å². The maximum absolute atomic E-state index is 14.0. The molecule has 1 aliphatic rings. The molecule has 0 saturated carbocycles. The molecule has 3 aromatic rings. The molecule has 2 heterocycles. The second-order valence-electron chi connectivity index (χ2n) is 10.3. The minimum atomic E-state index is -0.156. The Morgan fingerprint density at radius 1 is 1.05 bits per heavy atom. The van der Waals surface area contributed by atoms with Crippen molar-refractivity contribution >= 4 is 5.69 Å². The fourth-order valence-electron chi connectivity index (χ4n) is 5.23. The van der Waals surface area contributed by atoms with Gasteiger partial charge in [0.15, 0.2) is 11.5 Å². The average Bonchev–Trinajstić information content (AvgIpc) is 2.90. The van der Waals surface area contributed by atoms with Gasteiger partial charge < -0.3 is 20.1 Å². The van der Waals surface area contributed by atoms with Crippen molar-refractivity contribution in [3.63, 3.8) is 0 Å². The molecule has 0 atom stereocenters. The van der Waals surface area contributed by atoms with Crippen LogP contribution < -0.4 is 31.3 Å². The number of aryl methyl sites for hydroxylation is 4. The van der Waals surface area contributed by atoms with Crippen LogP contribution in [-0.4, -0.2) is 35.9 Å². The summed E-state index contributed by atoms with van der Waals surface area (Å²) in [5, 5.41) is 9.23. The van der Waals surface area contributed by atoms with Gasteiger partial charge in [0.05, 0.1) is 25.6 Å². The molecule has 0 spiro atoms. The first-order valence-electron chi connectivity index (χ1n) is 13.4. The first-order valence-corrected chi connectivity index (χ1v) is 13.4. The molecule has 1 aromatic heterocycles. The zero-order chi connectivity index (χ0) is 29.0. The Kier molecular flexibility index (Phi) is 8.77. The molecule has 2 N–H and O–H groups in total. The van der Waals surface area contributed by atoms with E-state index >= 15 is 0 Å². The number of methoxy groups -OCH3 is 2. The van der Waals surface area contributed by atoms with Crippen molar-refractivity contribution in [1.29, 1.82) is 0 Å². The Labute approximate surface area is 234 Å². The van der Waals surface area contributed by atoms with Crippen molar-refractivity contribution < 1.29 is 9.47 Å². The molecule has 212 valence electrons. The summed E-state index contributed by atoms with van der Waals surface area (Å²) in [6, 6.07) is 10.2. The van der Waals surface area contributed by atoms with Gasteiger partial charge in [0.25, 0.3) is 0 Å². The van der Waals surface area contributed by atoms with E-state index in [4.69, 9.17) is 14.5 Å². The van der Waals surface area contributed by atoms with Gasteiger partial charge in [-0.3, -0.25) is 9.13 Å². The van der Waals surface area contributed by atoms with Gasteiger partial charge >= 0.3 is 5.69 Å². The molecular formula is C30H38N6O4. The number of fused-ring (bicyclic) bond motifs is 3. The van der Waals surface area contributed by atoms with E-state index < -0.39 is 0 Å². The van der Waals surface area contributed by atoms with Crippen LogP contribution in [0.4, 0.5) is 5.69 Å². The molecular weight excluding hydrogens is 508 g/mol. The Morgan fingerprint density at radius 2 is 1.73 bits per heavy atom. The smallest absolute Gasteiger partial charge is 0.330 e. The van der Waals surface area contributed by atoms with Crippen molar-refractivity contribution in [1.82, 2.24) is 19.8 Å². The lowest BCUT2D eigenvalue weighted by Gasteiger charge is -2.25. The van der Waals surface area contributed by atoms with E-state index in [1.165, 1.54) is 6.20 Å². The Balaban J connectivity index is 1.88. The number of hydrogen-bond acceptors (Lipinski definition) is 8. The monoisotopic (exact) mass is 546 g/mol. The van der Waals surface area contributed by atoms with Crippen molar-refractivity contribution in [2.24, 2.45) is 10.2 Å². The lowest BCUT2D eigenvalue weighted by atomic mass is 9.97. The molecule has 0 saturated heterocycles. The van der Waals surface area contributed by atoms with Crippen LogP contribution in [0.1, 0.15) is 36.1 Å². The van der Waals surface area contributed by atoms with Crippen molar-refractivity contribution in [3.05, 3.63) is 85.5 Å². The zero-order valence-electron chi connectivity index (χ0n) is 24.3. The van der Waals surface area contributed by atoms with Gasteiger partial charge in [-0.25, -0.2) is 9.79 Å². The van der Waals surface area contributed by atoms with Gasteiger partial charge in [-0.1, -0.05) is 17.7 Å². The molecule has 4 rings (SSSR count). The summed E-state index contributed by atoms with van der Waals surface area (Å²) in [7, 11) is 3.22. The molecule has 0 amide bonds. The third-order valence-electron chi connectivity index (χ3n) is 6.92. The van der Waals surface area contributed by atoms with Gasteiger partial charge in [0.2, 0.25) is 0 Å². The minimum absolute atomic E-state index is 0.108. The lowest BCUT2D eigenvalue weighted by molar-refractivity contribution is 0.354. The topological polar surface area (TPSA) is 111 Å². The highest BCUT2D eigenvalue weighted by molar-refractivity contribution is 5.70. The molecule has 0 radical (unpaired) electrons. The molecule has 2 aromatic carbocycles. The first-order chi connectivity index (χ1) is 19.2. The number of benzene rings is 2. The summed E-state index contributed by atoms with van der Waals surface area (Å²) >= 11 is 0. The highest BCUT2D eigenvalue weighted by Crippen LogP contribution is 2.37. The van der Waals surface area contributed by atoms with E-state index in [1.807, 2.05) is 45.9 Å². The van der Waals surface area contributed by atoms with Crippen LogP contribution in [0.25, 0.3) is 11.3 Å². The molecule has 10 heteroatoms. The van der Waals surface area contributed by atoms with E-state index in [2.05, 4.69) is 34.9 Å². The highest BCUT2D eigenvalue weighted by Gasteiger charge is 2.22. The predicted octanol–water partition coefficient (Wildman–Crippen LogP) is 4.20. The number of nitrogens with one attached hydrogen (secondary N) is 2. The number of aromatic nitrogens is 2. The standard InChI is InChI=1S/C30H38N6O4/c1-18(2)33-27(17-32-38)31-9-11-36-28(34-29-20(4)12-19(3)13-21(29)5)16-24-23-15-26(40-7)25(39-6)14-22(23)8-10-35(24)30(36)37/h12-18,31,33H,8-11H2,1-7H3/b27-17-,34-28+. The SMILES string of the molecule is COc1cc2c(cc1OC)-c1c/c(=N\c3c(C)cc(C)cc3C)n(CCN/C(=C/N=O)NC(C)C)c(=O)n1CC2. The third kappa shape index (κ3) is 5.95. The summed E-state index contributed by atoms with van der Waals surface area (Å²) < 4.78 is 14.6. The molecule has 0 unspecified atom stereocenters. The Bertz CT molecular complexity index is 1560. The summed E-state index contributed by atoms with van der Waals surface area (Å²) in [6.07, 6.45) is 1.89. The number of nitrogens with zero attached hydrogens (tertiary/aromatic N) is 4. The number of ether oxygens (including phenoxy) is 2. The molecule has 0 aliphatic carbocycles. The quantitative estimate of drug-likeness (QED) is 0.369. The molecule has 1 aliphatic heterocycles. The van der Waals surface area contributed by atoms with Gasteiger partial charge in [-0.2, -0.15) is 0 Å². The Hall–Kier alpha value is -4.34. The highest BCUT2D eigenvalue weighted by atomic mass is 16.5. The number of hydrogen-bond donors (Lipinski definition) is 2. The maximum Gasteiger partial charge on any atom is 0.330 e. The summed E-state index contributed by atoms with van der Waals surface area (Å²) in [6.45, 7) is 11.3. The lowest BCUT2D eigenvalue weighted by Crippen LogP contribution is -2.44. The average molecular weight is 547 g/mol. The zero-order valence-corrected chi connectivity index (χ0v) is 24.3. The third-order valence-corrected chi connectivity index (χ3v) is 6.92. The fraction of sp³-hybridized carbons (Fsp3) is 0.400. The van der Waals surface area contributed by atoms with Crippen LogP contribution in [0.2, 0.25) is 0 Å². The second kappa shape index (κ2) is 12.2. The normalized spacial score (nSPS) is 13.1. The van der Waals surface area contributed by atoms with E-state index in [9.17, 15) is 9.70 Å². The van der Waals surface area contributed by atoms with E-state index in [0.29, 0.717) is 48.9 Å². The van der Waals surface area contributed by atoms with Crippen LogP contribution in [0.15, 0.2) is 57.3 Å². The minimum Gasteiger partial charge on any atom is -0.493 e. The first kappa shape index (κ1) is 28.7. The predicted molar refractivity (Wildman–Crippen MR) is 157 cm³/mol. The largest absolute Gasteiger partial charge is 0.493 e. The summed E-state index contributed by atoms with van der Waals surface area (Å²) in [4.78, 5) is 29.9. The fourth-order valence-corrected chi connectivity index (χ4v) is 5.23. The molecule has 10 nitrogen and oxygen atoms in total. The number of rotatable bonds is 10. The van der Waals surface area contributed by atoms with E-state index in [1.54, 1.807) is 23.4 Å². The maximum atomic E-state index is 14.0. The van der Waals surface area contributed by atoms with Gasteiger partial charge in [-0.05, 0) is 75.0 Å². The second-order valence-corrected chi connectivity index (χ2v) is 10.3. The molecule has 0 fully saturated rings. The van der Waals surface area contributed by atoms with Gasteiger partial charge in [0, 0.05) is 37.3 Å². The van der Waals surface area contributed by atoms with Crippen LogP contribution in [0.3, 0.4) is 0 Å². The van der Waals surface area contributed by atoms with Crippen LogP contribution in [-0.2, 0) is 19.5 Å². The Morgan fingerprint density at radius 3 is 2.35 bits per heavy atom. The van der Waals surface area contributed by atoms with E-state index in [0.717, 1.165) is 39.2 Å². The molecule has 40 heavy (non-hydrogen) atoms. The van der Waals surface area contributed by atoms with Crippen molar-refractivity contribution in [2.45, 2.75) is 60.2 Å².